The van der Waals surface area contributed by atoms with E-state index in [2.05, 4.69) is 65.2 Å². The van der Waals surface area contributed by atoms with Crippen LogP contribution in [0.2, 0.25) is 0 Å². The van der Waals surface area contributed by atoms with Crippen LogP contribution in [0.4, 0.5) is 30.6 Å². The van der Waals surface area contributed by atoms with Crippen molar-refractivity contribution in [3.05, 3.63) is 54.7 Å². The predicted molar refractivity (Wildman–Crippen MR) is 134 cm³/mol. The third-order valence-corrected chi connectivity index (χ3v) is 6.82. The molecule has 0 radical (unpaired) electrons. The molecule has 1 aromatic carbocycles. The Morgan fingerprint density at radius 3 is 2.44 bits per heavy atom. The van der Waals surface area contributed by atoms with Crippen molar-refractivity contribution >= 4 is 17.5 Å². The average Bonchev–Trinajstić information content (AvgIpc) is 2.80. The van der Waals surface area contributed by atoms with Gasteiger partial charge in [0.15, 0.2) is 11.6 Å². The van der Waals surface area contributed by atoms with E-state index in [1.54, 1.807) is 36.7 Å². The average molecular weight is 501 g/mol. The van der Waals surface area contributed by atoms with Gasteiger partial charge in [-0.25, -0.2) is 9.37 Å². The highest BCUT2D eigenvalue weighted by Crippen LogP contribution is 2.38. The molecule has 36 heavy (non-hydrogen) atoms. The number of ether oxygens (including phenoxy) is 1. The number of likely N-dealkylation sites (tertiary alicyclic amines) is 1. The molecule has 4 rings (SSSR count). The van der Waals surface area contributed by atoms with Crippen LogP contribution in [0.5, 0.6) is 5.75 Å². The number of piperidine rings is 1. The molecule has 10 heteroatoms. The van der Waals surface area contributed by atoms with Crippen LogP contribution in [-0.2, 0) is 0 Å². The summed E-state index contributed by atoms with van der Waals surface area (Å²) in [6.07, 6.45) is 5.86. The smallest absolute Gasteiger partial charge is 0.387 e. The first-order chi connectivity index (χ1) is 16.9. The van der Waals surface area contributed by atoms with Crippen molar-refractivity contribution in [2.75, 3.05) is 17.7 Å². The Hall–Kier alpha value is -3.40. The summed E-state index contributed by atoms with van der Waals surface area (Å²) in [7, 11) is 2.11. The molecule has 0 spiro atoms. The number of anilines is 3. The second kappa shape index (κ2) is 9.93. The lowest BCUT2D eigenvalue weighted by Gasteiger charge is -2.53. The number of alkyl halides is 2. The van der Waals surface area contributed by atoms with E-state index in [9.17, 15) is 13.2 Å². The standard InChI is InChI=1S/C26H31F3N6O/c1-25(2)12-18(13-26(3,4)35(25)5)32-22-20(27)15-31-24(34-22)33-17-8-9-19(16-7-6-10-30-14-16)21(11-17)36-23(28)29/h6-11,14-15,18,23H,12-13H2,1-5H3,(H2,31,32,33,34). The van der Waals surface area contributed by atoms with Gasteiger partial charge in [-0.05, 0) is 65.8 Å². The monoisotopic (exact) mass is 500 g/mol. The van der Waals surface area contributed by atoms with Crippen molar-refractivity contribution in [3.8, 4) is 16.9 Å². The quantitative estimate of drug-likeness (QED) is 0.407. The first kappa shape index (κ1) is 25.7. The predicted octanol–water partition coefficient (Wildman–Crippen LogP) is 6.09. The van der Waals surface area contributed by atoms with Gasteiger partial charge < -0.3 is 15.4 Å². The maximum Gasteiger partial charge on any atom is 0.387 e. The zero-order valence-electron chi connectivity index (χ0n) is 21.0. The molecule has 0 unspecified atom stereocenters. The highest BCUT2D eigenvalue weighted by Gasteiger charge is 2.43. The van der Waals surface area contributed by atoms with Crippen molar-refractivity contribution in [1.82, 2.24) is 19.9 Å². The van der Waals surface area contributed by atoms with E-state index in [1.165, 1.54) is 6.07 Å². The Morgan fingerprint density at radius 2 is 1.81 bits per heavy atom. The molecular formula is C26H31F3N6O. The van der Waals surface area contributed by atoms with E-state index in [0.29, 0.717) is 16.8 Å². The second-order valence-electron chi connectivity index (χ2n) is 10.3. The number of aromatic nitrogens is 3. The highest BCUT2D eigenvalue weighted by molar-refractivity contribution is 5.74. The van der Waals surface area contributed by atoms with Gasteiger partial charge in [0.2, 0.25) is 5.95 Å². The van der Waals surface area contributed by atoms with Crippen molar-refractivity contribution < 1.29 is 17.9 Å². The van der Waals surface area contributed by atoms with Crippen molar-refractivity contribution in [2.45, 2.75) is 64.3 Å². The van der Waals surface area contributed by atoms with E-state index in [1.807, 2.05) is 0 Å². The highest BCUT2D eigenvalue weighted by atomic mass is 19.3. The Labute approximate surface area is 209 Å². The molecule has 2 N–H and O–H groups in total. The van der Waals surface area contributed by atoms with Gasteiger partial charge in [-0.15, -0.1) is 0 Å². The van der Waals surface area contributed by atoms with Gasteiger partial charge in [0.05, 0.1) is 6.20 Å². The van der Waals surface area contributed by atoms with Crippen LogP contribution < -0.4 is 15.4 Å². The van der Waals surface area contributed by atoms with Gasteiger partial charge in [-0.1, -0.05) is 6.07 Å². The van der Waals surface area contributed by atoms with Crippen LogP contribution in [0.1, 0.15) is 40.5 Å². The van der Waals surface area contributed by atoms with Crippen molar-refractivity contribution in [3.63, 3.8) is 0 Å². The van der Waals surface area contributed by atoms with Crippen molar-refractivity contribution in [2.24, 2.45) is 0 Å². The van der Waals surface area contributed by atoms with Gasteiger partial charge in [-0.2, -0.15) is 13.8 Å². The molecule has 1 fully saturated rings. The number of hydrogen-bond donors (Lipinski definition) is 2. The van der Waals surface area contributed by atoms with Gasteiger partial charge >= 0.3 is 6.61 Å². The van der Waals surface area contributed by atoms with E-state index in [4.69, 9.17) is 4.74 Å². The van der Waals surface area contributed by atoms with Crippen LogP contribution in [0.25, 0.3) is 11.1 Å². The molecule has 3 aromatic rings. The molecule has 0 saturated carbocycles. The van der Waals surface area contributed by atoms with Crippen molar-refractivity contribution in [1.29, 1.82) is 0 Å². The van der Waals surface area contributed by atoms with Crippen LogP contribution in [0.3, 0.4) is 0 Å². The molecule has 1 aliphatic rings. The summed E-state index contributed by atoms with van der Waals surface area (Å²) in [6, 6.07) is 8.22. The molecular weight excluding hydrogens is 469 g/mol. The number of hydrogen-bond acceptors (Lipinski definition) is 7. The second-order valence-corrected chi connectivity index (χ2v) is 10.3. The Bertz CT molecular complexity index is 1190. The molecule has 0 atom stereocenters. The maximum atomic E-state index is 14.6. The number of rotatable bonds is 7. The molecule has 1 aliphatic heterocycles. The summed E-state index contributed by atoms with van der Waals surface area (Å²) in [5.41, 5.74) is 1.34. The van der Waals surface area contributed by atoms with E-state index >= 15 is 0 Å². The van der Waals surface area contributed by atoms with Gasteiger partial charge in [0, 0.05) is 52.4 Å². The first-order valence-electron chi connectivity index (χ1n) is 11.7. The molecule has 0 aliphatic carbocycles. The fourth-order valence-corrected chi connectivity index (χ4v) is 4.88. The SMILES string of the molecule is CN1C(C)(C)CC(Nc2nc(Nc3ccc(-c4cccnc4)c(OC(F)F)c3)ncc2F)CC1(C)C. The fourth-order valence-electron chi connectivity index (χ4n) is 4.88. The number of nitrogens with one attached hydrogen (secondary N) is 2. The third-order valence-electron chi connectivity index (χ3n) is 6.82. The molecule has 3 heterocycles. The Morgan fingerprint density at radius 1 is 1.08 bits per heavy atom. The summed E-state index contributed by atoms with van der Waals surface area (Å²) in [6.45, 7) is 5.66. The summed E-state index contributed by atoms with van der Waals surface area (Å²) in [4.78, 5) is 14.7. The van der Waals surface area contributed by atoms with Crippen LogP contribution in [0.15, 0.2) is 48.9 Å². The zero-order chi connectivity index (χ0) is 26.1. The van der Waals surface area contributed by atoms with E-state index in [-0.39, 0.29) is 34.6 Å². The molecule has 7 nitrogen and oxygen atoms in total. The Kier molecular flexibility index (Phi) is 7.08. The molecule has 192 valence electrons. The third kappa shape index (κ3) is 5.70. The van der Waals surface area contributed by atoms with Crippen LogP contribution in [0, 0.1) is 5.82 Å². The van der Waals surface area contributed by atoms with Gasteiger partial charge in [0.1, 0.15) is 5.75 Å². The number of benzene rings is 1. The normalized spacial score (nSPS) is 17.7. The van der Waals surface area contributed by atoms with E-state index < -0.39 is 12.4 Å². The summed E-state index contributed by atoms with van der Waals surface area (Å²) in [5.74, 6) is -0.379. The summed E-state index contributed by atoms with van der Waals surface area (Å²) < 4.78 is 45.6. The minimum atomic E-state index is -3.00. The van der Waals surface area contributed by atoms with Gasteiger partial charge in [0.25, 0.3) is 0 Å². The van der Waals surface area contributed by atoms with E-state index in [0.717, 1.165) is 19.0 Å². The lowest BCUT2D eigenvalue weighted by Crippen LogP contribution is -2.61. The Balaban J connectivity index is 1.56. The molecule has 2 aromatic heterocycles. The topological polar surface area (TPSA) is 75.2 Å². The number of halogens is 3. The van der Waals surface area contributed by atoms with Crippen LogP contribution in [-0.4, -0.2) is 50.6 Å². The first-order valence-corrected chi connectivity index (χ1v) is 11.7. The number of pyridine rings is 1. The maximum absolute atomic E-state index is 14.6. The largest absolute Gasteiger partial charge is 0.434 e. The van der Waals surface area contributed by atoms with Gasteiger partial charge in [-0.3, -0.25) is 9.88 Å². The summed E-state index contributed by atoms with van der Waals surface area (Å²) >= 11 is 0. The summed E-state index contributed by atoms with van der Waals surface area (Å²) in [5, 5.41) is 6.21. The lowest BCUT2D eigenvalue weighted by molar-refractivity contribution is -0.0494. The zero-order valence-corrected chi connectivity index (χ0v) is 21.0. The molecule has 0 amide bonds. The lowest BCUT2D eigenvalue weighted by atomic mass is 9.77. The fraction of sp³-hybridized carbons (Fsp3) is 0.423. The minimum absolute atomic E-state index is 0.00765. The minimum Gasteiger partial charge on any atom is -0.434 e. The molecule has 0 bridgehead atoms. The number of nitrogens with zero attached hydrogens (tertiary/aromatic N) is 4. The molecule has 1 saturated heterocycles. The van der Waals surface area contributed by atoms with Crippen LogP contribution >= 0.6 is 0 Å².